The zero-order valence-corrected chi connectivity index (χ0v) is 28.8. The van der Waals surface area contributed by atoms with Crippen molar-refractivity contribution in [2.24, 2.45) is 0 Å². The average molecular weight is 672 g/mol. The maximum Gasteiger partial charge on any atom is -0.0253 e. The second-order valence-corrected chi connectivity index (χ2v) is 9.71. The van der Waals surface area contributed by atoms with Crippen molar-refractivity contribution in [2.45, 2.75) is 12.8 Å². The Labute approximate surface area is 299 Å². The normalized spacial score (nSPS) is 10.5. The molecule has 46 heavy (non-hydrogen) atoms. The van der Waals surface area contributed by atoms with Crippen LogP contribution in [0.3, 0.4) is 0 Å². The Morgan fingerprint density at radius 1 is 0.500 bits per heavy atom. The fraction of sp³-hybridized carbons (Fsp3) is 0.0465. The molecule has 0 heterocycles. The Bertz CT molecular complexity index is 1510. The van der Waals surface area contributed by atoms with Crippen molar-refractivity contribution in [3.8, 4) is 33.4 Å². The van der Waals surface area contributed by atoms with Gasteiger partial charge >= 0.3 is 24.8 Å². The summed E-state index contributed by atoms with van der Waals surface area (Å²) < 4.78 is 0. The van der Waals surface area contributed by atoms with Crippen LogP contribution in [0.2, 0.25) is 0 Å². The summed E-state index contributed by atoms with van der Waals surface area (Å²) >= 11 is 1.75. The van der Waals surface area contributed by atoms with E-state index in [0.29, 0.717) is 0 Å². The molecule has 0 N–H and O–H groups in total. The molecule has 2 aliphatic carbocycles. The van der Waals surface area contributed by atoms with Crippen LogP contribution in [-0.2, 0) is 26.4 Å². The molecule has 0 aliphatic heterocycles. The van der Waals surface area contributed by atoms with Crippen LogP contribution in [0, 0.1) is 24.3 Å². The molecule has 230 valence electrons. The summed E-state index contributed by atoms with van der Waals surface area (Å²) in [5.74, 6) is 0. The van der Waals surface area contributed by atoms with Crippen LogP contribution in [0.25, 0.3) is 33.4 Å². The van der Waals surface area contributed by atoms with Gasteiger partial charge in [0.05, 0.1) is 0 Å². The van der Waals surface area contributed by atoms with E-state index in [0.717, 1.165) is 12.8 Å². The van der Waals surface area contributed by atoms with Gasteiger partial charge in [0.2, 0.25) is 0 Å². The summed E-state index contributed by atoms with van der Waals surface area (Å²) in [5, 5.41) is 0. The van der Waals surface area contributed by atoms with Gasteiger partial charge in [0.15, 0.2) is 0 Å². The fourth-order valence-electron chi connectivity index (χ4n) is 4.76. The topological polar surface area (TPSA) is 0 Å². The summed E-state index contributed by atoms with van der Waals surface area (Å²) in [6.45, 7) is 0. The maximum absolute atomic E-state index is 3.30. The third kappa shape index (κ3) is 12.0. The van der Waals surface area contributed by atoms with Crippen LogP contribution >= 0.6 is 24.8 Å². The molecule has 0 spiro atoms. The van der Waals surface area contributed by atoms with Crippen molar-refractivity contribution in [2.75, 3.05) is 0 Å². The molecule has 0 saturated carbocycles. The van der Waals surface area contributed by atoms with Crippen LogP contribution in [0.1, 0.15) is 17.5 Å². The van der Waals surface area contributed by atoms with E-state index in [1.54, 1.807) is 20.0 Å². The number of benzene rings is 6. The van der Waals surface area contributed by atoms with Crippen LogP contribution in [0.5, 0.6) is 0 Å². The molecule has 0 bridgehead atoms. The third-order valence-corrected chi connectivity index (χ3v) is 6.85. The number of fused-ring (bicyclic) bond motifs is 3. The van der Waals surface area contributed by atoms with Crippen molar-refractivity contribution in [3.63, 3.8) is 0 Å². The van der Waals surface area contributed by atoms with E-state index in [9.17, 15) is 0 Å². The zero-order valence-electron chi connectivity index (χ0n) is 25.6. The molecule has 6 aromatic rings. The number of hydrogen-bond acceptors (Lipinski definition) is 0. The first-order chi connectivity index (χ1) is 21.9. The minimum absolute atomic E-state index is 0. The Morgan fingerprint density at radius 2 is 0.978 bits per heavy atom. The maximum atomic E-state index is 3.30. The zero-order chi connectivity index (χ0) is 30.7. The summed E-state index contributed by atoms with van der Waals surface area (Å²) in [6.07, 6.45) is 11.0. The molecule has 0 fully saturated rings. The van der Waals surface area contributed by atoms with Gasteiger partial charge in [-0.2, -0.15) is 96.6 Å². The van der Waals surface area contributed by atoms with Gasteiger partial charge in [-0.25, -0.2) is 12.2 Å². The second-order valence-electron chi connectivity index (χ2n) is 9.71. The third-order valence-electron chi connectivity index (χ3n) is 6.85. The molecule has 8 rings (SSSR count). The van der Waals surface area contributed by atoms with Crippen LogP contribution < -0.4 is 0 Å². The smallest absolute Gasteiger partial charge is 0.0253 e. The van der Waals surface area contributed by atoms with Gasteiger partial charge in [-0.15, -0.1) is 47.9 Å². The van der Waals surface area contributed by atoms with Crippen LogP contribution in [0.4, 0.5) is 0 Å². The fourth-order valence-corrected chi connectivity index (χ4v) is 4.76. The molecule has 0 unspecified atom stereocenters. The number of halogens is 2. The molecule has 0 nitrogen and oxygen atoms in total. The molecule has 0 radical (unpaired) electrons. The number of hydrogen-bond donors (Lipinski definition) is 0. The first-order valence-corrected chi connectivity index (χ1v) is 15.7. The van der Waals surface area contributed by atoms with E-state index < -0.39 is 0 Å². The average Bonchev–Trinajstić information content (AvgIpc) is 3.84. The van der Waals surface area contributed by atoms with E-state index in [1.807, 2.05) is 78.9 Å². The van der Waals surface area contributed by atoms with Crippen molar-refractivity contribution < 1.29 is 20.0 Å². The first-order valence-electron chi connectivity index (χ1n) is 14.6. The van der Waals surface area contributed by atoms with Gasteiger partial charge in [-0.05, 0) is 17.5 Å². The molecule has 0 saturated heterocycles. The van der Waals surface area contributed by atoms with E-state index in [-0.39, 0.29) is 24.8 Å². The van der Waals surface area contributed by atoms with E-state index in [4.69, 9.17) is 0 Å². The van der Waals surface area contributed by atoms with Crippen molar-refractivity contribution in [3.05, 3.63) is 205 Å². The molecular weight excluding hydrogens is 635 g/mol. The Hall–Kier alpha value is -4.04. The Kier molecular flexibility index (Phi) is 18.6. The van der Waals surface area contributed by atoms with Gasteiger partial charge in [0, 0.05) is 0 Å². The van der Waals surface area contributed by atoms with E-state index in [2.05, 4.69) is 120 Å². The quantitative estimate of drug-likeness (QED) is 0.127. The molecule has 0 aromatic heterocycles. The molecule has 2 aliphatic rings. The van der Waals surface area contributed by atoms with E-state index >= 15 is 0 Å². The van der Waals surface area contributed by atoms with Crippen molar-refractivity contribution in [1.29, 1.82) is 0 Å². The molecule has 6 aromatic carbocycles. The summed E-state index contributed by atoms with van der Waals surface area (Å²) in [7, 11) is 0. The summed E-state index contributed by atoms with van der Waals surface area (Å²) in [5.41, 5.74) is 10.5. The molecular formula is C43H36Cl2Ti-4. The largest absolute Gasteiger partial charge is 0.184 e. The van der Waals surface area contributed by atoms with Crippen molar-refractivity contribution in [1.82, 2.24) is 0 Å². The van der Waals surface area contributed by atoms with Gasteiger partial charge < -0.3 is 0 Å². The standard InChI is InChI=1S/C13H9.2C12H9.C5H5.CH2.2ClH.Ti/c1-3-7-12-10(5-1)9-11-6-2-4-8-13(11)12;2*1-3-7-11(8-4-1)12-9-5-2-6-10-12;1-2-4-5-3-1;;;;/h1-5,7-8H,9H2;2*1,3-10H;1-3H,4H2;1H2;2*1H;/q4*-1;;;;. The first kappa shape index (κ1) is 38.1. The van der Waals surface area contributed by atoms with Gasteiger partial charge in [0.25, 0.3) is 0 Å². The molecule has 3 heteroatoms. The predicted molar refractivity (Wildman–Crippen MR) is 198 cm³/mol. The predicted octanol–water partition coefficient (Wildman–Crippen LogP) is 11.5. The second kappa shape index (κ2) is 22.5. The molecule has 0 atom stereocenters. The summed E-state index contributed by atoms with van der Waals surface area (Å²) in [4.78, 5) is 3.25. The Balaban J connectivity index is 0.000000214. The SMILES string of the molecule is Cl.Cl.[C-]1=CC=CC1.[CH2]=[Ti].[c-]1ccc(-c2ccccc2)cc1.[c-]1ccc(-c2ccccc2)cc1.[c-]1cccc2c1Cc1ccccc1-2. The monoisotopic (exact) mass is 670 g/mol. The van der Waals surface area contributed by atoms with Gasteiger partial charge in [-0.1, -0.05) is 96.1 Å². The van der Waals surface area contributed by atoms with Gasteiger partial charge in [0.1, 0.15) is 0 Å². The van der Waals surface area contributed by atoms with Crippen LogP contribution in [0.15, 0.2) is 170 Å². The number of rotatable bonds is 2. The van der Waals surface area contributed by atoms with E-state index in [1.165, 1.54) is 44.5 Å². The number of allylic oxidation sites excluding steroid dienone is 4. The van der Waals surface area contributed by atoms with Gasteiger partial charge in [-0.3, -0.25) is 6.08 Å². The minimum atomic E-state index is 0. The summed E-state index contributed by atoms with van der Waals surface area (Å²) in [6, 6.07) is 60.8. The molecule has 0 amide bonds. The minimum Gasteiger partial charge on any atom is -0.184 e. The van der Waals surface area contributed by atoms with Crippen LogP contribution in [-0.4, -0.2) is 4.82 Å². The van der Waals surface area contributed by atoms with Crippen molar-refractivity contribution >= 4 is 29.6 Å². The Morgan fingerprint density at radius 3 is 1.46 bits per heavy atom.